The molecule has 2 aromatic carbocycles. The third kappa shape index (κ3) is 3.97. The van der Waals surface area contributed by atoms with E-state index >= 15 is 0 Å². The third-order valence-electron chi connectivity index (χ3n) is 4.77. The van der Waals surface area contributed by atoms with Crippen molar-refractivity contribution in [2.75, 3.05) is 7.11 Å². The third-order valence-corrected chi connectivity index (χ3v) is 4.77. The van der Waals surface area contributed by atoms with Gasteiger partial charge in [0.2, 0.25) is 0 Å². The van der Waals surface area contributed by atoms with Gasteiger partial charge < -0.3 is 9.47 Å². The molecular formula is C21H24O3. The van der Waals surface area contributed by atoms with E-state index in [4.69, 9.17) is 9.47 Å². The average Bonchev–Trinajstić information content (AvgIpc) is 2.67. The first kappa shape index (κ1) is 16.6. The summed E-state index contributed by atoms with van der Waals surface area (Å²) in [6, 6.07) is 14.0. The molecule has 0 unspecified atom stereocenters. The highest BCUT2D eigenvalue weighted by molar-refractivity contribution is 5.76. The van der Waals surface area contributed by atoms with E-state index in [-0.39, 0.29) is 0 Å². The fourth-order valence-corrected chi connectivity index (χ4v) is 3.36. The number of carbonyl (C=O) groups is 1. The van der Waals surface area contributed by atoms with Crippen LogP contribution in [0.15, 0.2) is 42.5 Å². The second-order valence-corrected chi connectivity index (χ2v) is 6.39. The van der Waals surface area contributed by atoms with Crippen LogP contribution < -0.4 is 9.47 Å². The Labute approximate surface area is 143 Å². The highest BCUT2D eigenvalue weighted by atomic mass is 16.5. The van der Waals surface area contributed by atoms with Gasteiger partial charge in [-0.3, -0.25) is 4.79 Å². The molecule has 0 bridgehead atoms. The number of hydrogen-bond acceptors (Lipinski definition) is 3. The molecule has 3 heteroatoms. The van der Waals surface area contributed by atoms with Crippen LogP contribution in [0.3, 0.4) is 0 Å². The van der Waals surface area contributed by atoms with E-state index in [0.717, 1.165) is 17.8 Å². The largest absolute Gasteiger partial charge is 0.493 e. The molecular weight excluding hydrogens is 300 g/mol. The van der Waals surface area contributed by atoms with Gasteiger partial charge in [-0.2, -0.15) is 0 Å². The van der Waals surface area contributed by atoms with Crippen molar-refractivity contribution in [2.24, 2.45) is 0 Å². The van der Waals surface area contributed by atoms with Crippen molar-refractivity contribution in [3.8, 4) is 11.5 Å². The quantitative estimate of drug-likeness (QED) is 0.691. The minimum Gasteiger partial charge on any atom is -0.493 e. The molecule has 126 valence electrons. The van der Waals surface area contributed by atoms with Crippen LogP contribution in [0.1, 0.15) is 59.5 Å². The number of carbonyl (C=O) groups excluding carboxylic acids is 1. The van der Waals surface area contributed by atoms with Crippen molar-refractivity contribution in [3.63, 3.8) is 0 Å². The van der Waals surface area contributed by atoms with Crippen LogP contribution in [-0.4, -0.2) is 13.4 Å². The van der Waals surface area contributed by atoms with E-state index in [2.05, 4.69) is 24.3 Å². The predicted molar refractivity (Wildman–Crippen MR) is 95.0 cm³/mol. The van der Waals surface area contributed by atoms with Crippen LogP contribution in [0, 0.1) is 0 Å². The molecule has 0 aliphatic heterocycles. The maximum atomic E-state index is 10.8. The van der Waals surface area contributed by atoms with Gasteiger partial charge in [-0.05, 0) is 48.1 Å². The Bertz CT molecular complexity index is 670. The molecule has 2 aromatic rings. The summed E-state index contributed by atoms with van der Waals surface area (Å²) < 4.78 is 11.1. The van der Waals surface area contributed by atoms with Crippen molar-refractivity contribution < 1.29 is 14.3 Å². The molecule has 3 nitrogen and oxygen atoms in total. The lowest BCUT2D eigenvalue weighted by molar-refractivity contribution is 0.112. The lowest BCUT2D eigenvalue weighted by Crippen LogP contribution is -2.04. The van der Waals surface area contributed by atoms with Gasteiger partial charge in [-0.15, -0.1) is 0 Å². The highest BCUT2D eigenvalue weighted by Crippen LogP contribution is 2.33. The van der Waals surface area contributed by atoms with E-state index in [1.54, 1.807) is 25.3 Å². The Morgan fingerprint density at radius 3 is 2.42 bits per heavy atom. The summed E-state index contributed by atoms with van der Waals surface area (Å²) in [7, 11) is 1.58. The summed E-state index contributed by atoms with van der Waals surface area (Å²) in [5.41, 5.74) is 3.17. The first-order chi connectivity index (χ1) is 11.8. The number of methoxy groups -OCH3 is 1. The number of aldehydes is 1. The topological polar surface area (TPSA) is 35.5 Å². The van der Waals surface area contributed by atoms with E-state index < -0.39 is 0 Å². The summed E-state index contributed by atoms with van der Waals surface area (Å²) >= 11 is 0. The van der Waals surface area contributed by atoms with Gasteiger partial charge in [-0.25, -0.2) is 0 Å². The van der Waals surface area contributed by atoms with Crippen molar-refractivity contribution >= 4 is 6.29 Å². The zero-order chi connectivity index (χ0) is 16.8. The maximum Gasteiger partial charge on any atom is 0.161 e. The Morgan fingerprint density at radius 2 is 1.75 bits per heavy atom. The van der Waals surface area contributed by atoms with Crippen molar-refractivity contribution in [3.05, 3.63) is 59.2 Å². The lowest BCUT2D eigenvalue weighted by Gasteiger charge is -2.22. The molecule has 1 aliphatic carbocycles. The van der Waals surface area contributed by atoms with Crippen LogP contribution in [-0.2, 0) is 6.61 Å². The average molecular weight is 324 g/mol. The number of hydrogen-bond donors (Lipinski definition) is 0. The van der Waals surface area contributed by atoms with Crippen LogP contribution in [0.2, 0.25) is 0 Å². The van der Waals surface area contributed by atoms with Gasteiger partial charge in [0.15, 0.2) is 11.5 Å². The van der Waals surface area contributed by atoms with Crippen molar-refractivity contribution in [1.82, 2.24) is 0 Å². The molecule has 24 heavy (non-hydrogen) atoms. The van der Waals surface area contributed by atoms with Crippen LogP contribution in [0.5, 0.6) is 11.5 Å². The second kappa shape index (κ2) is 8.00. The molecule has 0 N–H and O–H groups in total. The van der Waals surface area contributed by atoms with Gasteiger partial charge in [0.1, 0.15) is 12.9 Å². The number of ether oxygens (including phenoxy) is 2. The molecule has 1 saturated carbocycles. The van der Waals surface area contributed by atoms with Crippen molar-refractivity contribution in [1.29, 1.82) is 0 Å². The fourth-order valence-electron chi connectivity index (χ4n) is 3.36. The normalized spacial score (nSPS) is 15.0. The summed E-state index contributed by atoms with van der Waals surface area (Å²) in [4.78, 5) is 10.8. The lowest BCUT2D eigenvalue weighted by atomic mass is 9.84. The molecule has 3 rings (SSSR count). The zero-order valence-electron chi connectivity index (χ0n) is 14.2. The van der Waals surface area contributed by atoms with Gasteiger partial charge in [0.25, 0.3) is 0 Å². The summed E-state index contributed by atoms with van der Waals surface area (Å²) in [6.07, 6.45) is 7.52. The van der Waals surface area contributed by atoms with E-state index in [1.165, 1.54) is 37.7 Å². The SMILES string of the molecule is COc1cc(C=O)ccc1OCc1ccc(C2CCCCC2)cc1. The molecule has 1 fully saturated rings. The highest BCUT2D eigenvalue weighted by Gasteiger charge is 2.15. The minimum atomic E-state index is 0.488. The van der Waals surface area contributed by atoms with Crippen molar-refractivity contribution in [2.45, 2.75) is 44.6 Å². The second-order valence-electron chi connectivity index (χ2n) is 6.39. The predicted octanol–water partition coefficient (Wildman–Crippen LogP) is 5.13. The first-order valence-corrected chi connectivity index (χ1v) is 8.65. The van der Waals surface area contributed by atoms with Crippen LogP contribution in [0.25, 0.3) is 0 Å². The van der Waals surface area contributed by atoms with Gasteiger partial charge >= 0.3 is 0 Å². The molecule has 0 atom stereocenters. The van der Waals surface area contributed by atoms with E-state index in [1.807, 2.05) is 0 Å². The van der Waals surface area contributed by atoms with Gasteiger partial charge in [0, 0.05) is 5.56 Å². The summed E-state index contributed by atoms with van der Waals surface area (Å²) in [5, 5.41) is 0. The summed E-state index contributed by atoms with van der Waals surface area (Å²) in [6.45, 7) is 0.488. The molecule has 0 aromatic heterocycles. The molecule has 0 heterocycles. The Morgan fingerprint density at radius 1 is 1.00 bits per heavy atom. The standard InChI is InChI=1S/C21H24O3/c1-23-21-13-17(14-22)9-12-20(21)24-15-16-7-10-19(11-8-16)18-5-3-2-4-6-18/h7-14,18H,2-6,15H2,1H3. The molecule has 0 saturated heterocycles. The van der Waals surface area contributed by atoms with E-state index in [9.17, 15) is 4.79 Å². The summed E-state index contributed by atoms with van der Waals surface area (Å²) in [5.74, 6) is 1.96. The smallest absolute Gasteiger partial charge is 0.161 e. The molecule has 1 aliphatic rings. The Kier molecular flexibility index (Phi) is 5.52. The maximum absolute atomic E-state index is 10.8. The molecule has 0 amide bonds. The number of rotatable bonds is 6. The van der Waals surface area contributed by atoms with E-state index in [0.29, 0.717) is 23.7 Å². The monoisotopic (exact) mass is 324 g/mol. The van der Waals surface area contributed by atoms with Gasteiger partial charge in [-0.1, -0.05) is 43.5 Å². The van der Waals surface area contributed by atoms with Crippen LogP contribution in [0.4, 0.5) is 0 Å². The molecule has 0 radical (unpaired) electrons. The van der Waals surface area contributed by atoms with Gasteiger partial charge in [0.05, 0.1) is 7.11 Å². The Balaban J connectivity index is 1.63. The zero-order valence-corrected chi connectivity index (χ0v) is 14.2. The first-order valence-electron chi connectivity index (χ1n) is 8.65. The van der Waals surface area contributed by atoms with Crippen LogP contribution >= 0.6 is 0 Å². The number of benzene rings is 2. The fraction of sp³-hybridized carbons (Fsp3) is 0.381. The Hall–Kier alpha value is -2.29. The minimum absolute atomic E-state index is 0.488. The molecule has 0 spiro atoms.